The first-order chi connectivity index (χ1) is 15.4. The smallest absolute Gasteiger partial charge is 0.310 e. The first-order valence-electron chi connectivity index (χ1n) is 9.62. The van der Waals surface area contributed by atoms with Gasteiger partial charge in [0, 0.05) is 11.1 Å². The number of carbonyl (C=O) groups is 1. The van der Waals surface area contributed by atoms with Crippen LogP contribution in [0.1, 0.15) is 18.1 Å². The third-order valence-corrected chi connectivity index (χ3v) is 4.57. The maximum Gasteiger partial charge on any atom is 0.310 e. The Hall–Kier alpha value is -3.91. The number of benzene rings is 3. The van der Waals surface area contributed by atoms with Crippen LogP contribution in [-0.2, 0) is 11.4 Å². The first-order valence-corrected chi connectivity index (χ1v) is 10.0. The Morgan fingerprint density at radius 3 is 2.50 bits per heavy atom. The summed E-state index contributed by atoms with van der Waals surface area (Å²) in [5.74, 6) is 0.160. The average molecular weight is 454 g/mol. The van der Waals surface area contributed by atoms with E-state index in [-0.39, 0.29) is 11.4 Å². The summed E-state index contributed by atoms with van der Waals surface area (Å²) >= 11 is 5.87. The number of hydrogen-bond donors (Lipinski definition) is 1. The van der Waals surface area contributed by atoms with E-state index in [2.05, 4.69) is 10.5 Å². The minimum atomic E-state index is -0.975. The summed E-state index contributed by atoms with van der Waals surface area (Å²) in [5.41, 5.74) is 3.89. The zero-order valence-corrected chi connectivity index (χ0v) is 17.9. The van der Waals surface area contributed by atoms with Crippen LogP contribution in [0.3, 0.4) is 0 Å². The van der Waals surface area contributed by atoms with Crippen LogP contribution in [0.2, 0.25) is 5.02 Å². The van der Waals surface area contributed by atoms with Gasteiger partial charge in [-0.25, -0.2) is 5.43 Å². The number of para-hydroxylation sites is 2. The molecule has 0 saturated carbocycles. The van der Waals surface area contributed by atoms with Crippen molar-refractivity contribution in [3.63, 3.8) is 0 Å². The van der Waals surface area contributed by atoms with Gasteiger partial charge in [0.15, 0.2) is 11.9 Å². The fourth-order valence-corrected chi connectivity index (χ4v) is 2.74. The molecule has 3 aromatic carbocycles. The van der Waals surface area contributed by atoms with Crippen LogP contribution in [0.15, 0.2) is 77.9 Å². The van der Waals surface area contributed by atoms with Crippen LogP contribution < -0.4 is 14.9 Å². The second kappa shape index (κ2) is 10.9. The Morgan fingerprint density at radius 2 is 1.81 bits per heavy atom. The van der Waals surface area contributed by atoms with E-state index >= 15 is 0 Å². The lowest BCUT2D eigenvalue weighted by Gasteiger charge is -2.12. The van der Waals surface area contributed by atoms with Crippen molar-refractivity contribution in [1.82, 2.24) is 5.43 Å². The van der Waals surface area contributed by atoms with E-state index in [1.807, 2.05) is 12.1 Å². The molecular weight excluding hydrogens is 434 g/mol. The monoisotopic (exact) mass is 453 g/mol. The fraction of sp³-hybridized carbons (Fsp3) is 0.130. The van der Waals surface area contributed by atoms with E-state index < -0.39 is 16.9 Å². The highest BCUT2D eigenvalue weighted by atomic mass is 35.5. The molecule has 0 radical (unpaired) electrons. The van der Waals surface area contributed by atoms with Crippen molar-refractivity contribution in [2.45, 2.75) is 19.6 Å². The number of ether oxygens (including phenoxy) is 2. The molecule has 32 heavy (non-hydrogen) atoms. The largest absolute Gasteiger partial charge is 0.489 e. The highest BCUT2D eigenvalue weighted by Gasteiger charge is 2.20. The lowest BCUT2D eigenvalue weighted by atomic mass is 10.2. The topological polar surface area (TPSA) is 103 Å². The van der Waals surface area contributed by atoms with Gasteiger partial charge in [-0.15, -0.1) is 0 Å². The van der Waals surface area contributed by atoms with Gasteiger partial charge in [0.2, 0.25) is 0 Å². The van der Waals surface area contributed by atoms with Gasteiger partial charge in [-0.3, -0.25) is 14.9 Å². The summed E-state index contributed by atoms with van der Waals surface area (Å²) in [7, 11) is 0. The third-order valence-electron chi connectivity index (χ3n) is 4.32. The molecule has 3 aromatic rings. The Labute approximate surface area is 189 Å². The summed E-state index contributed by atoms with van der Waals surface area (Å²) in [5, 5.41) is 15.6. The van der Waals surface area contributed by atoms with Gasteiger partial charge in [0.25, 0.3) is 5.91 Å². The van der Waals surface area contributed by atoms with E-state index in [9.17, 15) is 14.9 Å². The van der Waals surface area contributed by atoms with E-state index in [1.54, 1.807) is 42.5 Å². The molecule has 8 nitrogen and oxygen atoms in total. The number of nitrogens with zero attached hydrogens (tertiary/aromatic N) is 2. The number of amides is 1. The van der Waals surface area contributed by atoms with Crippen molar-refractivity contribution in [1.29, 1.82) is 0 Å². The molecule has 0 heterocycles. The molecule has 0 fully saturated rings. The standard InChI is InChI=1S/C23H20ClN3O5/c1-16(32-22-5-3-2-4-21(22)27(29)30)23(28)26-25-14-17-8-12-20(13-9-17)31-15-18-6-10-19(24)11-7-18/h2-14,16H,15H2,1H3,(H,26,28)/b25-14-/t16-/m1/s1. The Bertz CT molecular complexity index is 1100. The molecule has 1 amide bonds. The summed E-state index contributed by atoms with van der Waals surface area (Å²) in [6.45, 7) is 1.90. The summed E-state index contributed by atoms with van der Waals surface area (Å²) < 4.78 is 11.1. The Balaban J connectivity index is 1.49. The number of nitro benzene ring substituents is 1. The third kappa shape index (κ3) is 6.55. The fourth-order valence-electron chi connectivity index (χ4n) is 2.61. The second-order valence-corrected chi connectivity index (χ2v) is 7.14. The van der Waals surface area contributed by atoms with Crippen molar-refractivity contribution in [3.8, 4) is 11.5 Å². The number of hydrogen-bond acceptors (Lipinski definition) is 6. The van der Waals surface area contributed by atoms with Gasteiger partial charge in [0.05, 0.1) is 11.1 Å². The predicted octanol–water partition coefficient (Wildman–Crippen LogP) is 4.74. The Morgan fingerprint density at radius 1 is 1.12 bits per heavy atom. The maximum absolute atomic E-state index is 12.2. The van der Waals surface area contributed by atoms with Crippen molar-refractivity contribution in [3.05, 3.63) is 99.1 Å². The summed E-state index contributed by atoms with van der Waals surface area (Å²) in [4.78, 5) is 22.6. The van der Waals surface area contributed by atoms with E-state index in [1.165, 1.54) is 31.3 Å². The number of nitro groups is 1. The molecule has 3 rings (SSSR count). The van der Waals surface area contributed by atoms with Crippen LogP contribution >= 0.6 is 11.6 Å². The van der Waals surface area contributed by atoms with Crippen molar-refractivity contribution < 1.29 is 19.2 Å². The molecule has 0 aliphatic carbocycles. The molecule has 0 unspecified atom stereocenters. The van der Waals surface area contributed by atoms with Gasteiger partial charge in [-0.05, 0) is 60.5 Å². The zero-order chi connectivity index (χ0) is 22.9. The average Bonchev–Trinajstić information content (AvgIpc) is 2.79. The van der Waals surface area contributed by atoms with Gasteiger partial charge >= 0.3 is 5.69 Å². The molecule has 0 aromatic heterocycles. The van der Waals surface area contributed by atoms with Gasteiger partial charge in [-0.1, -0.05) is 35.9 Å². The highest BCUT2D eigenvalue weighted by Crippen LogP contribution is 2.26. The molecule has 0 bridgehead atoms. The number of rotatable bonds is 9. The van der Waals surface area contributed by atoms with Crippen LogP contribution in [0.25, 0.3) is 0 Å². The van der Waals surface area contributed by atoms with Crippen LogP contribution in [0.4, 0.5) is 5.69 Å². The van der Waals surface area contributed by atoms with Gasteiger partial charge in [0.1, 0.15) is 12.4 Å². The molecule has 9 heteroatoms. The molecule has 164 valence electrons. The lowest BCUT2D eigenvalue weighted by Crippen LogP contribution is -2.33. The van der Waals surface area contributed by atoms with Crippen LogP contribution in [0.5, 0.6) is 11.5 Å². The number of nitrogens with one attached hydrogen (secondary N) is 1. The summed E-state index contributed by atoms with van der Waals surface area (Å²) in [6, 6.07) is 20.4. The van der Waals surface area contributed by atoms with Crippen molar-refractivity contribution in [2.75, 3.05) is 0 Å². The minimum absolute atomic E-state index is 0.0123. The molecule has 0 aliphatic rings. The molecule has 1 atom stereocenters. The predicted molar refractivity (Wildman–Crippen MR) is 121 cm³/mol. The van der Waals surface area contributed by atoms with Gasteiger partial charge in [-0.2, -0.15) is 5.10 Å². The molecule has 0 spiro atoms. The van der Waals surface area contributed by atoms with Crippen molar-refractivity contribution in [2.24, 2.45) is 5.10 Å². The molecule has 0 saturated heterocycles. The van der Waals surface area contributed by atoms with Gasteiger partial charge < -0.3 is 9.47 Å². The first kappa shape index (κ1) is 22.8. The van der Waals surface area contributed by atoms with Crippen LogP contribution in [0, 0.1) is 10.1 Å². The number of hydrazone groups is 1. The van der Waals surface area contributed by atoms with Crippen LogP contribution in [-0.4, -0.2) is 23.1 Å². The van der Waals surface area contributed by atoms with E-state index in [4.69, 9.17) is 21.1 Å². The minimum Gasteiger partial charge on any atom is -0.489 e. The zero-order valence-electron chi connectivity index (χ0n) is 17.1. The molecule has 1 N–H and O–H groups in total. The molecular formula is C23H20ClN3O5. The summed E-state index contributed by atoms with van der Waals surface area (Å²) in [6.07, 6.45) is 0.496. The number of carbonyl (C=O) groups excluding carboxylic acids is 1. The number of halogens is 1. The quantitative estimate of drug-likeness (QED) is 0.286. The van der Waals surface area contributed by atoms with E-state index in [0.717, 1.165) is 11.1 Å². The maximum atomic E-state index is 12.2. The Kier molecular flexibility index (Phi) is 7.77. The molecule has 0 aliphatic heterocycles. The highest BCUT2D eigenvalue weighted by molar-refractivity contribution is 6.30. The van der Waals surface area contributed by atoms with Crippen molar-refractivity contribution >= 4 is 29.4 Å². The van der Waals surface area contributed by atoms with E-state index in [0.29, 0.717) is 17.4 Å². The lowest BCUT2D eigenvalue weighted by molar-refractivity contribution is -0.386. The second-order valence-electron chi connectivity index (χ2n) is 6.70. The normalized spacial score (nSPS) is 11.7. The SMILES string of the molecule is C[C@@H](Oc1ccccc1[N+](=O)[O-])C(=O)N/N=C\c1ccc(OCc2ccc(Cl)cc2)cc1.